The summed E-state index contributed by atoms with van der Waals surface area (Å²) in [4.78, 5) is 0.167. The van der Waals surface area contributed by atoms with Crippen molar-refractivity contribution in [3.8, 4) is 0 Å². The van der Waals surface area contributed by atoms with Gasteiger partial charge >= 0.3 is 29.6 Å². The maximum absolute atomic E-state index is 10.4. The van der Waals surface area contributed by atoms with Crippen molar-refractivity contribution in [2.24, 2.45) is 5.28 Å². The Morgan fingerprint density at radius 2 is 1.90 bits per heavy atom. The molecule has 0 radical (unpaired) electrons. The van der Waals surface area contributed by atoms with Crippen LogP contribution < -0.4 is 29.6 Å². The van der Waals surface area contributed by atoms with Gasteiger partial charge in [0.15, 0.2) is 0 Å². The summed E-state index contributed by atoms with van der Waals surface area (Å²) in [5.41, 5.74) is 0. The molecular weight excluding hydrogens is 145 g/mol. The number of rotatable bonds is 3. The fraction of sp³-hybridized carbons (Fsp3) is 1.00. The third kappa shape index (κ3) is 3.92. The van der Waals surface area contributed by atoms with Gasteiger partial charge in [-0.15, -0.1) is 5.01 Å². The van der Waals surface area contributed by atoms with E-state index in [9.17, 15) is 5.21 Å². The van der Waals surface area contributed by atoms with Gasteiger partial charge in [-0.1, -0.05) is 0 Å². The molecule has 0 amide bonds. The van der Waals surface area contributed by atoms with E-state index < -0.39 is 0 Å². The summed E-state index contributed by atoms with van der Waals surface area (Å²) in [7, 11) is 0. The Hall–Kier alpha value is 0. The van der Waals surface area contributed by atoms with Gasteiger partial charge in [0, 0.05) is 0 Å². The van der Waals surface area contributed by atoms with Crippen LogP contribution in [0.5, 0.6) is 0 Å². The van der Waals surface area contributed by atoms with Crippen LogP contribution in [-0.2, 0) is 0 Å². The topological polar surface area (TPSA) is 61.9 Å². The molecule has 0 rings (SSSR count). The number of hydrogen-bond acceptors (Lipinski definition) is 2. The van der Waals surface area contributed by atoms with Crippen LogP contribution in [0.25, 0.3) is 0 Å². The Morgan fingerprint density at radius 1 is 1.50 bits per heavy atom. The zero-order valence-corrected chi connectivity index (χ0v) is 8.61. The van der Waals surface area contributed by atoms with Gasteiger partial charge < -0.3 is 10.4 Å². The van der Waals surface area contributed by atoms with E-state index in [1.165, 1.54) is 5.01 Å². The first-order valence-corrected chi connectivity index (χ1v) is 2.83. The van der Waals surface area contributed by atoms with E-state index in [1.54, 1.807) is 13.8 Å². The minimum absolute atomic E-state index is 0. The average molecular weight is 156 g/mol. The number of hydrogen-bond donors (Lipinski definition) is 1. The van der Waals surface area contributed by atoms with E-state index in [1.807, 2.05) is 0 Å². The van der Waals surface area contributed by atoms with Crippen molar-refractivity contribution < 1.29 is 39.7 Å². The molecular formula is C4H11N3NaO2+. The summed E-state index contributed by atoms with van der Waals surface area (Å²) in [6.45, 7) is 4.70. The van der Waals surface area contributed by atoms with Crippen LogP contribution in [0.1, 0.15) is 13.8 Å². The second kappa shape index (κ2) is 7.11. The molecule has 0 saturated heterocycles. The minimum atomic E-state index is 0. The fourth-order valence-corrected chi connectivity index (χ4v) is 0.522. The molecule has 0 heterocycles. The smallest absolute Gasteiger partial charge is 0.569 e. The maximum Gasteiger partial charge on any atom is 1.00 e. The van der Waals surface area contributed by atoms with Gasteiger partial charge in [0.25, 0.3) is 0 Å². The van der Waals surface area contributed by atoms with E-state index >= 15 is 0 Å². The van der Waals surface area contributed by atoms with Crippen molar-refractivity contribution in [1.29, 1.82) is 0 Å². The molecule has 0 unspecified atom stereocenters. The summed E-state index contributed by atoms with van der Waals surface area (Å²) in [5.74, 6) is 0. The van der Waals surface area contributed by atoms with E-state index in [-0.39, 0.29) is 34.5 Å². The molecule has 54 valence electrons. The number of hydrazine groups is 1. The molecule has 0 atom stereocenters. The summed E-state index contributed by atoms with van der Waals surface area (Å²) in [6, 6.07) is 0. The predicted octanol–water partition coefficient (Wildman–Crippen LogP) is -2.40. The van der Waals surface area contributed by atoms with Crippen molar-refractivity contribution in [3.63, 3.8) is 0 Å². The predicted molar refractivity (Wildman–Crippen MR) is 30.8 cm³/mol. The number of nitrogens with zero attached hydrogens (tertiary/aromatic N) is 3. The molecule has 0 bridgehead atoms. The van der Waals surface area contributed by atoms with Crippen molar-refractivity contribution in [3.05, 3.63) is 5.21 Å². The summed E-state index contributed by atoms with van der Waals surface area (Å²) < 4.78 is 0. The Kier molecular flexibility index (Phi) is 9.00. The molecule has 0 aliphatic rings. The van der Waals surface area contributed by atoms with Crippen LogP contribution in [0.4, 0.5) is 0 Å². The van der Waals surface area contributed by atoms with Gasteiger partial charge in [-0.3, -0.25) is 0 Å². The zero-order valence-electron chi connectivity index (χ0n) is 6.61. The van der Waals surface area contributed by atoms with Crippen LogP contribution in [0.3, 0.4) is 0 Å². The van der Waals surface area contributed by atoms with Crippen molar-refractivity contribution in [1.82, 2.24) is 5.01 Å². The average Bonchev–Trinajstić information content (AvgIpc) is 1.90. The molecule has 0 aromatic rings. The van der Waals surface area contributed by atoms with Crippen LogP contribution in [0, 0.1) is 5.21 Å². The first-order chi connectivity index (χ1) is 4.26. The first kappa shape index (κ1) is 12.7. The van der Waals surface area contributed by atoms with Gasteiger partial charge in [0.1, 0.15) is 0 Å². The van der Waals surface area contributed by atoms with Crippen molar-refractivity contribution in [2.75, 3.05) is 13.1 Å². The fourth-order valence-electron chi connectivity index (χ4n) is 0.522. The Labute approximate surface area is 82.1 Å². The third-order valence-corrected chi connectivity index (χ3v) is 1.05. The second-order valence-electron chi connectivity index (χ2n) is 1.48. The molecule has 0 saturated carbocycles. The van der Waals surface area contributed by atoms with Gasteiger partial charge in [0.05, 0.1) is 18.1 Å². The van der Waals surface area contributed by atoms with Crippen LogP contribution in [0.2, 0.25) is 0 Å². The molecule has 0 fully saturated rings. The second-order valence-corrected chi connectivity index (χ2v) is 1.48. The van der Waals surface area contributed by atoms with Crippen molar-refractivity contribution >= 4 is 0 Å². The SMILES string of the molecule is CCN(CC)[N+]([O-])=NO.[Na+]. The van der Waals surface area contributed by atoms with Gasteiger partial charge in [-0.25, -0.2) is 0 Å². The zero-order chi connectivity index (χ0) is 7.28. The molecule has 10 heavy (non-hydrogen) atoms. The Bertz CT molecular complexity index is 105. The quantitative estimate of drug-likeness (QED) is 0.214. The summed E-state index contributed by atoms with van der Waals surface area (Å²) in [5, 5.41) is 22.1. The molecule has 6 heteroatoms. The largest absolute Gasteiger partial charge is 1.00 e. The van der Waals surface area contributed by atoms with Gasteiger partial charge in [0.2, 0.25) is 5.28 Å². The summed E-state index contributed by atoms with van der Waals surface area (Å²) in [6.07, 6.45) is 0. The Morgan fingerprint density at radius 3 is 2.00 bits per heavy atom. The van der Waals surface area contributed by atoms with Crippen LogP contribution in [0.15, 0.2) is 5.28 Å². The van der Waals surface area contributed by atoms with E-state index in [0.29, 0.717) is 13.1 Å². The van der Waals surface area contributed by atoms with E-state index in [4.69, 9.17) is 5.21 Å². The minimum Gasteiger partial charge on any atom is -0.569 e. The molecule has 5 nitrogen and oxygen atoms in total. The van der Waals surface area contributed by atoms with Gasteiger partial charge in [-0.05, 0) is 13.8 Å². The molecule has 0 aromatic heterocycles. The van der Waals surface area contributed by atoms with Crippen molar-refractivity contribution in [2.45, 2.75) is 13.8 Å². The van der Waals surface area contributed by atoms with E-state index in [0.717, 1.165) is 0 Å². The first-order valence-electron chi connectivity index (χ1n) is 2.83. The monoisotopic (exact) mass is 156 g/mol. The molecule has 0 spiro atoms. The van der Waals surface area contributed by atoms with E-state index in [2.05, 4.69) is 5.28 Å². The molecule has 1 N–H and O–H groups in total. The molecule has 0 aromatic carbocycles. The third-order valence-electron chi connectivity index (χ3n) is 1.05. The molecule has 0 aliphatic heterocycles. The van der Waals surface area contributed by atoms with Crippen LogP contribution >= 0.6 is 0 Å². The normalized spacial score (nSPS) is 10.4. The van der Waals surface area contributed by atoms with Crippen LogP contribution in [-0.4, -0.2) is 28.3 Å². The maximum atomic E-state index is 10.4. The standard InChI is InChI=1S/C4H11N3O2.Na/c1-3-6(4-2)7(9)5-8;/h8H,3-4H2,1-2H3;/q;+1. The summed E-state index contributed by atoms with van der Waals surface area (Å²) >= 11 is 0. The van der Waals surface area contributed by atoms with Gasteiger partial charge in [-0.2, -0.15) is 0 Å². The molecule has 0 aliphatic carbocycles. The Balaban J connectivity index is 0.